The molecule has 0 radical (unpaired) electrons. The summed E-state index contributed by atoms with van der Waals surface area (Å²) < 4.78 is 0. The molecule has 15 heavy (non-hydrogen) atoms. The molecule has 1 N–H and O–H groups in total. The van der Waals surface area contributed by atoms with Gasteiger partial charge in [0.05, 0.1) is 0 Å². The predicted molar refractivity (Wildman–Crippen MR) is 67.1 cm³/mol. The van der Waals surface area contributed by atoms with Crippen LogP contribution < -0.4 is 5.32 Å². The van der Waals surface area contributed by atoms with Gasteiger partial charge in [-0.1, -0.05) is 33.8 Å². The van der Waals surface area contributed by atoms with Crippen molar-refractivity contribution in [3.05, 3.63) is 29.6 Å². The number of nitrogens with zero attached hydrogens (tertiary/aromatic N) is 1. The van der Waals surface area contributed by atoms with Gasteiger partial charge in [-0.05, 0) is 31.5 Å². The second-order valence-electron chi connectivity index (χ2n) is 3.64. The van der Waals surface area contributed by atoms with Gasteiger partial charge in [-0.2, -0.15) is 0 Å². The molecule has 2 heteroatoms. The maximum atomic E-state index is 4.41. The maximum Gasteiger partial charge on any atom is 0.0476 e. The molecule has 1 heterocycles. The molecule has 0 aliphatic heterocycles. The first-order chi connectivity index (χ1) is 7.16. The summed E-state index contributed by atoms with van der Waals surface area (Å²) in [6, 6.07) is 4.52. The first-order valence-electron chi connectivity index (χ1n) is 5.79. The minimum Gasteiger partial charge on any atom is -0.313 e. The van der Waals surface area contributed by atoms with E-state index in [1.165, 1.54) is 11.3 Å². The Morgan fingerprint density at radius 3 is 2.27 bits per heavy atom. The van der Waals surface area contributed by atoms with Gasteiger partial charge < -0.3 is 5.32 Å². The van der Waals surface area contributed by atoms with E-state index in [4.69, 9.17) is 0 Å². The van der Waals surface area contributed by atoms with Gasteiger partial charge >= 0.3 is 0 Å². The quantitative estimate of drug-likeness (QED) is 0.822. The average molecular weight is 208 g/mol. The van der Waals surface area contributed by atoms with E-state index in [9.17, 15) is 0 Å². The number of nitrogens with one attached hydrogen (secondary N) is 1. The fourth-order valence-corrected chi connectivity index (χ4v) is 1.43. The molecule has 1 atom stereocenters. The molecule has 0 aromatic carbocycles. The topological polar surface area (TPSA) is 24.9 Å². The van der Waals surface area contributed by atoms with Crippen molar-refractivity contribution in [3.8, 4) is 0 Å². The Morgan fingerprint density at radius 1 is 1.20 bits per heavy atom. The summed E-state index contributed by atoms with van der Waals surface area (Å²) in [6.45, 7) is 10.5. The highest BCUT2D eigenvalue weighted by molar-refractivity contribution is 5.25. The lowest BCUT2D eigenvalue weighted by Gasteiger charge is -2.16. The molecule has 1 aromatic heterocycles. The summed E-state index contributed by atoms with van der Waals surface area (Å²) in [5, 5.41) is 3.24. The van der Waals surface area contributed by atoms with Crippen molar-refractivity contribution in [2.45, 2.75) is 46.6 Å². The van der Waals surface area contributed by atoms with E-state index in [0.29, 0.717) is 12.0 Å². The van der Waals surface area contributed by atoms with Crippen LogP contribution >= 0.6 is 0 Å². The second-order valence-corrected chi connectivity index (χ2v) is 3.64. The summed E-state index contributed by atoms with van der Waals surface area (Å²) in [5.74, 6) is 0.493. The van der Waals surface area contributed by atoms with Crippen molar-refractivity contribution >= 4 is 0 Å². The Labute approximate surface area is 94.1 Å². The van der Waals surface area contributed by atoms with E-state index >= 15 is 0 Å². The van der Waals surface area contributed by atoms with Crippen LogP contribution in [0.5, 0.6) is 0 Å². The average Bonchev–Trinajstić information content (AvgIpc) is 2.30. The molecular weight excluding hydrogens is 184 g/mol. The Morgan fingerprint density at radius 2 is 1.80 bits per heavy atom. The van der Waals surface area contributed by atoms with Gasteiger partial charge in [0.25, 0.3) is 0 Å². The van der Waals surface area contributed by atoms with Crippen LogP contribution in [0.25, 0.3) is 0 Å². The van der Waals surface area contributed by atoms with Crippen LogP contribution in [0, 0.1) is 0 Å². The largest absolute Gasteiger partial charge is 0.313 e. The Hall–Kier alpha value is -0.890. The Bertz CT molecular complexity index is 269. The van der Waals surface area contributed by atoms with Crippen LogP contribution in [-0.2, 0) is 0 Å². The molecule has 0 amide bonds. The number of rotatable bonds is 3. The van der Waals surface area contributed by atoms with Gasteiger partial charge in [-0.25, -0.2) is 0 Å². The number of hydrogen-bond donors (Lipinski definition) is 1. The van der Waals surface area contributed by atoms with Crippen molar-refractivity contribution in [1.82, 2.24) is 10.3 Å². The number of pyridine rings is 1. The molecule has 0 saturated heterocycles. The minimum absolute atomic E-state index is 0.381. The van der Waals surface area contributed by atoms with Crippen LogP contribution in [0.3, 0.4) is 0 Å². The monoisotopic (exact) mass is 208 g/mol. The van der Waals surface area contributed by atoms with Crippen molar-refractivity contribution in [2.24, 2.45) is 0 Å². The summed E-state index contributed by atoms with van der Waals surface area (Å²) in [5.41, 5.74) is 2.50. The highest BCUT2D eigenvalue weighted by Crippen LogP contribution is 2.21. The maximum absolute atomic E-state index is 4.41. The summed E-state index contributed by atoms with van der Waals surface area (Å²) >= 11 is 0. The molecule has 1 aromatic rings. The fourth-order valence-electron chi connectivity index (χ4n) is 1.43. The zero-order chi connectivity index (χ0) is 11.8. The third-order valence-corrected chi connectivity index (χ3v) is 2.32. The lowest BCUT2D eigenvalue weighted by molar-refractivity contribution is 0.630. The Kier molecular flexibility index (Phi) is 6.97. The molecule has 0 aliphatic carbocycles. The standard InChI is InChI=1S/C11H18N2.C2H6/c1-8(2)11-10(9(3)12-4)6-5-7-13-11;1-2/h5-9,12H,1-4H3;1-2H3/t9-;/m1./s1. The van der Waals surface area contributed by atoms with Crippen molar-refractivity contribution in [1.29, 1.82) is 0 Å². The van der Waals surface area contributed by atoms with Crippen molar-refractivity contribution < 1.29 is 0 Å². The van der Waals surface area contributed by atoms with E-state index < -0.39 is 0 Å². The van der Waals surface area contributed by atoms with Crippen LogP contribution in [-0.4, -0.2) is 12.0 Å². The van der Waals surface area contributed by atoms with E-state index in [1.54, 1.807) is 0 Å². The molecule has 0 spiro atoms. The lowest BCUT2D eigenvalue weighted by Crippen LogP contribution is -2.15. The molecule has 86 valence electrons. The molecule has 0 bridgehead atoms. The molecular formula is C13H24N2. The third-order valence-electron chi connectivity index (χ3n) is 2.32. The normalized spacial score (nSPS) is 11.9. The van der Waals surface area contributed by atoms with Gasteiger partial charge in [0.15, 0.2) is 0 Å². The number of aromatic nitrogens is 1. The summed E-state index contributed by atoms with van der Waals surface area (Å²) in [6.07, 6.45) is 1.86. The Balaban J connectivity index is 0.000000921. The van der Waals surface area contributed by atoms with E-state index in [0.717, 1.165) is 0 Å². The van der Waals surface area contributed by atoms with E-state index in [-0.39, 0.29) is 0 Å². The van der Waals surface area contributed by atoms with Gasteiger partial charge in [-0.3, -0.25) is 4.98 Å². The highest BCUT2D eigenvalue weighted by Gasteiger charge is 2.11. The van der Waals surface area contributed by atoms with E-state index in [2.05, 4.69) is 37.1 Å². The second kappa shape index (κ2) is 7.41. The van der Waals surface area contributed by atoms with Crippen molar-refractivity contribution in [2.75, 3.05) is 7.05 Å². The third kappa shape index (κ3) is 4.00. The van der Waals surface area contributed by atoms with Crippen LogP contribution in [0.1, 0.15) is 57.8 Å². The van der Waals surface area contributed by atoms with Gasteiger partial charge in [-0.15, -0.1) is 0 Å². The van der Waals surface area contributed by atoms with Gasteiger partial charge in [0.1, 0.15) is 0 Å². The first kappa shape index (κ1) is 14.1. The molecule has 0 aliphatic rings. The van der Waals surface area contributed by atoms with Gasteiger partial charge in [0, 0.05) is 17.9 Å². The van der Waals surface area contributed by atoms with Crippen LogP contribution in [0.2, 0.25) is 0 Å². The highest BCUT2D eigenvalue weighted by atomic mass is 14.9. The molecule has 0 saturated carbocycles. The predicted octanol–water partition coefficient (Wildman–Crippen LogP) is 3.51. The summed E-state index contributed by atoms with van der Waals surface area (Å²) in [7, 11) is 1.97. The van der Waals surface area contributed by atoms with Crippen LogP contribution in [0.15, 0.2) is 18.3 Å². The fraction of sp³-hybridized carbons (Fsp3) is 0.615. The molecule has 0 unspecified atom stereocenters. The first-order valence-corrected chi connectivity index (χ1v) is 5.79. The zero-order valence-corrected chi connectivity index (χ0v) is 10.8. The lowest BCUT2D eigenvalue weighted by atomic mass is 9.99. The molecule has 1 rings (SSSR count). The SMILES string of the molecule is CC.CN[C@H](C)c1cccnc1C(C)C. The van der Waals surface area contributed by atoms with E-state index in [1.807, 2.05) is 33.2 Å². The number of hydrogen-bond acceptors (Lipinski definition) is 2. The van der Waals surface area contributed by atoms with Crippen LogP contribution in [0.4, 0.5) is 0 Å². The zero-order valence-electron chi connectivity index (χ0n) is 10.8. The van der Waals surface area contributed by atoms with Gasteiger partial charge in [0.2, 0.25) is 0 Å². The molecule has 2 nitrogen and oxygen atoms in total. The van der Waals surface area contributed by atoms with Crippen molar-refractivity contribution in [3.63, 3.8) is 0 Å². The minimum atomic E-state index is 0.381. The molecule has 0 fully saturated rings. The smallest absolute Gasteiger partial charge is 0.0476 e. The summed E-state index contributed by atoms with van der Waals surface area (Å²) in [4.78, 5) is 4.41.